The first-order chi connectivity index (χ1) is 8.33. The molecule has 0 spiro atoms. The molecule has 1 saturated heterocycles. The van der Waals surface area contributed by atoms with Crippen LogP contribution in [0.1, 0.15) is 30.9 Å². The van der Waals surface area contributed by atoms with Crippen molar-refractivity contribution in [3.8, 4) is 5.75 Å². The molecule has 2 unspecified atom stereocenters. The molecule has 1 aliphatic heterocycles. The molecule has 3 nitrogen and oxygen atoms in total. The number of nitrogens with one attached hydrogen (secondary N) is 1. The summed E-state index contributed by atoms with van der Waals surface area (Å²) in [6, 6.07) is 8.58. The second-order valence-electron chi connectivity index (χ2n) is 4.49. The van der Waals surface area contributed by atoms with Crippen LogP contribution in [0.5, 0.6) is 5.75 Å². The molecule has 1 heterocycles. The fourth-order valence-corrected chi connectivity index (χ4v) is 2.37. The number of hydrogen-bond acceptors (Lipinski definition) is 3. The molecule has 1 aromatic rings. The first-order valence-corrected chi connectivity index (χ1v) is 6.26. The van der Waals surface area contributed by atoms with E-state index in [0.29, 0.717) is 12.1 Å². The summed E-state index contributed by atoms with van der Waals surface area (Å²) >= 11 is 0. The number of benzene rings is 1. The lowest BCUT2D eigenvalue weighted by Crippen LogP contribution is -2.22. The van der Waals surface area contributed by atoms with Crippen LogP contribution >= 0.6 is 0 Å². The van der Waals surface area contributed by atoms with Crippen molar-refractivity contribution in [3.63, 3.8) is 0 Å². The van der Waals surface area contributed by atoms with Crippen molar-refractivity contribution in [2.75, 3.05) is 20.8 Å². The molecule has 0 radical (unpaired) electrons. The molecule has 94 valence electrons. The van der Waals surface area contributed by atoms with Gasteiger partial charge >= 0.3 is 0 Å². The minimum Gasteiger partial charge on any atom is -0.497 e. The van der Waals surface area contributed by atoms with Crippen LogP contribution in [0.15, 0.2) is 24.3 Å². The fourth-order valence-electron chi connectivity index (χ4n) is 2.37. The van der Waals surface area contributed by atoms with Crippen molar-refractivity contribution in [2.24, 2.45) is 0 Å². The molecule has 0 bridgehead atoms. The highest BCUT2D eigenvalue weighted by Crippen LogP contribution is 2.26. The standard InChI is InChI=1S/C14H21NO2/c1-15-14(10-13-7-4-8-17-13)11-5-3-6-12(9-11)16-2/h3,5-6,9,13-15H,4,7-8,10H2,1-2H3. The van der Waals surface area contributed by atoms with E-state index in [2.05, 4.69) is 17.4 Å². The Morgan fingerprint density at radius 3 is 3.06 bits per heavy atom. The van der Waals surface area contributed by atoms with Gasteiger partial charge in [-0.25, -0.2) is 0 Å². The zero-order valence-corrected chi connectivity index (χ0v) is 10.6. The average molecular weight is 235 g/mol. The first-order valence-electron chi connectivity index (χ1n) is 6.26. The summed E-state index contributed by atoms with van der Waals surface area (Å²) in [5.74, 6) is 0.912. The minimum absolute atomic E-state index is 0.341. The van der Waals surface area contributed by atoms with Crippen LogP contribution < -0.4 is 10.1 Å². The SMILES string of the molecule is CNC(CC1CCCO1)c1cccc(OC)c1. The molecule has 0 amide bonds. The van der Waals surface area contributed by atoms with Crippen LogP contribution in [0.2, 0.25) is 0 Å². The van der Waals surface area contributed by atoms with Crippen molar-refractivity contribution >= 4 is 0 Å². The molecule has 1 fully saturated rings. The summed E-state index contributed by atoms with van der Waals surface area (Å²) in [6.07, 6.45) is 3.81. The van der Waals surface area contributed by atoms with Crippen molar-refractivity contribution in [1.29, 1.82) is 0 Å². The van der Waals surface area contributed by atoms with Gasteiger partial charge in [0.2, 0.25) is 0 Å². The molecule has 3 heteroatoms. The van der Waals surface area contributed by atoms with Crippen LogP contribution in [0, 0.1) is 0 Å². The van der Waals surface area contributed by atoms with Crippen molar-refractivity contribution < 1.29 is 9.47 Å². The summed E-state index contributed by atoms with van der Waals surface area (Å²) < 4.78 is 11.0. The zero-order chi connectivity index (χ0) is 12.1. The molecule has 1 aliphatic rings. The van der Waals surface area contributed by atoms with E-state index in [4.69, 9.17) is 9.47 Å². The van der Waals surface area contributed by atoms with Crippen LogP contribution in [0.25, 0.3) is 0 Å². The first kappa shape index (κ1) is 12.4. The molecule has 0 aromatic heterocycles. The number of methoxy groups -OCH3 is 1. The zero-order valence-electron chi connectivity index (χ0n) is 10.6. The Balaban J connectivity index is 2.04. The molecule has 0 aliphatic carbocycles. The van der Waals surface area contributed by atoms with Gasteiger partial charge < -0.3 is 14.8 Å². The van der Waals surface area contributed by atoms with Crippen LogP contribution in [0.4, 0.5) is 0 Å². The second kappa shape index (κ2) is 6.03. The normalized spacial score (nSPS) is 21.4. The molecule has 17 heavy (non-hydrogen) atoms. The molecule has 2 rings (SSSR count). The predicted molar refractivity (Wildman–Crippen MR) is 68.4 cm³/mol. The van der Waals surface area contributed by atoms with Gasteiger partial charge in [-0.1, -0.05) is 12.1 Å². The van der Waals surface area contributed by atoms with Crippen molar-refractivity contribution in [2.45, 2.75) is 31.4 Å². The van der Waals surface area contributed by atoms with Crippen molar-refractivity contribution in [1.82, 2.24) is 5.32 Å². The molecule has 0 saturated carbocycles. The Morgan fingerprint density at radius 1 is 1.53 bits per heavy atom. The Morgan fingerprint density at radius 2 is 2.41 bits per heavy atom. The summed E-state index contributed by atoms with van der Waals surface area (Å²) in [5.41, 5.74) is 1.27. The Hall–Kier alpha value is -1.06. The van der Waals surface area contributed by atoms with Gasteiger partial charge in [-0.15, -0.1) is 0 Å². The van der Waals surface area contributed by atoms with E-state index >= 15 is 0 Å². The summed E-state index contributed by atoms with van der Waals surface area (Å²) in [7, 11) is 3.70. The van der Waals surface area contributed by atoms with Crippen molar-refractivity contribution in [3.05, 3.63) is 29.8 Å². The highest BCUT2D eigenvalue weighted by molar-refractivity contribution is 5.30. The van der Waals surface area contributed by atoms with Gasteiger partial charge in [0.1, 0.15) is 5.75 Å². The molecule has 2 atom stereocenters. The van der Waals surface area contributed by atoms with E-state index in [0.717, 1.165) is 18.8 Å². The lowest BCUT2D eigenvalue weighted by molar-refractivity contribution is 0.0954. The lowest BCUT2D eigenvalue weighted by Gasteiger charge is -2.20. The predicted octanol–water partition coefficient (Wildman–Crippen LogP) is 2.52. The number of rotatable bonds is 5. The summed E-state index contributed by atoms with van der Waals surface area (Å²) in [4.78, 5) is 0. The lowest BCUT2D eigenvalue weighted by atomic mass is 9.99. The van der Waals surface area contributed by atoms with Gasteiger partial charge in [-0.05, 0) is 44.0 Å². The van der Waals surface area contributed by atoms with Gasteiger partial charge in [0, 0.05) is 12.6 Å². The van der Waals surface area contributed by atoms with Gasteiger partial charge in [-0.3, -0.25) is 0 Å². The van der Waals surface area contributed by atoms with E-state index in [1.807, 2.05) is 19.2 Å². The van der Waals surface area contributed by atoms with E-state index in [-0.39, 0.29) is 0 Å². The second-order valence-corrected chi connectivity index (χ2v) is 4.49. The topological polar surface area (TPSA) is 30.5 Å². The molecule has 1 N–H and O–H groups in total. The smallest absolute Gasteiger partial charge is 0.119 e. The van der Waals surface area contributed by atoms with E-state index in [1.165, 1.54) is 18.4 Å². The Bertz CT molecular complexity index is 348. The van der Waals surface area contributed by atoms with Gasteiger partial charge in [0.25, 0.3) is 0 Å². The number of ether oxygens (including phenoxy) is 2. The third-order valence-corrected chi connectivity index (χ3v) is 3.37. The molecular formula is C14H21NO2. The quantitative estimate of drug-likeness (QED) is 0.850. The minimum atomic E-state index is 0.341. The maximum atomic E-state index is 5.69. The van der Waals surface area contributed by atoms with Gasteiger partial charge in [0.15, 0.2) is 0 Å². The summed E-state index contributed by atoms with van der Waals surface area (Å²) in [5, 5.41) is 3.36. The highest BCUT2D eigenvalue weighted by atomic mass is 16.5. The largest absolute Gasteiger partial charge is 0.497 e. The van der Waals surface area contributed by atoms with Crippen LogP contribution in [0.3, 0.4) is 0 Å². The average Bonchev–Trinajstić information content (AvgIpc) is 2.89. The van der Waals surface area contributed by atoms with E-state index in [9.17, 15) is 0 Å². The molecule has 1 aromatic carbocycles. The summed E-state index contributed by atoms with van der Waals surface area (Å²) in [6.45, 7) is 0.916. The Labute approximate surface area is 103 Å². The van der Waals surface area contributed by atoms with Gasteiger partial charge in [0.05, 0.1) is 13.2 Å². The van der Waals surface area contributed by atoms with Crippen LogP contribution in [-0.4, -0.2) is 26.9 Å². The van der Waals surface area contributed by atoms with Crippen LogP contribution in [-0.2, 0) is 4.74 Å². The fraction of sp³-hybridized carbons (Fsp3) is 0.571. The van der Waals surface area contributed by atoms with E-state index in [1.54, 1.807) is 7.11 Å². The Kier molecular flexibility index (Phi) is 4.40. The maximum absolute atomic E-state index is 5.69. The third-order valence-electron chi connectivity index (χ3n) is 3.37. The molecular weight excluding hydrogens is 214 g/mol. The number of hydrogen-bond donors (Lipinski definition) is 1. The third kappa shape index (κ3) is 3.20. The monoisotopic (exact) mass is 235 g/mol. The maximum Gasteiger partial charge on any atom is 0.119 e. The van der Waals surface area contributed by atoms with Gasteiger partial charge in [-0.2, -0.15) is 0 Å². The van der Waals surface area contributed by atoms with E-state index < -0.39 is 0 Å². The highest BCUT2D eigenvalue weighted by Gasteiger charge is 2.21.